The second-order valence-corrected chi connectivity index (χ2v) is 10.0. The predicted molar refractivity (Wildman–Crippen MR) is 133 cm³/mol. The molecule has 0 unspecified atom stereocenters. The first kappa shape index (κ1) is 22.4. The van der Waals surface area contributed by atoms with Crippen molar-refractivity contribution in [3.8, 4) is 0 Å². The molecule has 1 N–H and O–H groups in total. The number of benzene rings is 3. The van der Waals surface area contributed by atoms with Gasteiger partial charge in [-0.2, -0.15) is 0 Å². The Labute approximate surface area is 201 Å². The van der Waals surface area contributed by atoms with Crippen LogP contribution in [0.3, 0.4) is 0 Å². The Morgan fingerprint density at radius 3 is 2.03 bits per heavy atom. The molecule has 7 nitrogen and oxygen atoms in total. The molecular formula is C24H21ClFN5O2S. The Hall–Kier alpha value is -3.43. The Morgan fingerprint density at radius 1 is 0.794 bits per heavy atom. The quantitative estimate of drug-likeness (QED) is 0.436. The van der Waals surface area contributed by atoms with E-state index in [2.05, 4.69) is 14.6 Å². The van der Waals surface area contributed by atoms with Crippen molar-refractivity contribution in [2.45, 2.75) is 4.90 Å². The highest BCUT2D eigenvalue weighted by atomic mass is 35.5. The molecule has 34 heavy (non-hydrogen) atoms. The van der Waals surface area contributed by atoms with Crippen molar-refractivity contribution in [1.82, 2.24) is 9.97 Å². The maximum absolute atomic E-state index is 13.3. The minimum absolute atomic E-state index is 0.0823. The summed E-state index contributed by atoms with van der Waals surface area (Å²) in [5, 5.41) is 0.448. The molecule has 1 aliphatic heterocycles. The molecule has 4 aromatic rings. The molecule has 10 heteroatoms. The molecule has 2 heterocycles. The first-order valence-corrected chi connectivity index (χ1v) is 12.6. The van der Waals surface area contributed by atoms with E-state index in [1.54, 1.807) is 18.2 Å². The first-order chi connectivity index (χ1) is 16.4. The number of piperazine rings is 1. The molecule has 0 atom stereocenters. The Kier molecular flexibility index (Phi) is 5.97. The summed E-state index contributed by atoms with van der Waals surface area (Å²) in [4.78, 5) is 13.6. The lowest BCUT2D eigenvalue weighted by Gasteiger charge is -2.37. The molecule has 0 bridgehead atoms. The van der Waals surface area contributed by atoms with Gasteiger partial charge in [0.1, 0.15) is 5.82 Å². The van der Waals surface area contributed by atoms with Gasteiger partial charge in [-0.15, -0.1) is 0 Å². The van der Waals surface area contributed by atoms with Crippen LogP contribution in [0.1, 0.15) is 0 Å². The van der Waals surface area contributed by atoms with E-state index < -0.39 is 10.0 Å². The SMILES string of the molecule is O=S(=O)(Nc1nc2ccccc2nc1N1CCN(c2ccc(F)cc2)CC1)c1ccc(Cl)cc1. The van der Waals surface area contributed by atoms with Gasteiger partial charge >= 0.3 is 0 Å². The monoisotopic (exact) mass is 497 g/mol. The van der Waals surface area contributed by atoms with Crippen LogP contribution in [-0.2, 0) is 10.0 Å². The third kappa shape index (κ3) is 4.62. The third-order valence-electron chi connectivity index (χ3n) is 5.68. The first-order valence-electron chi connectivity index (χ1n) is 10.7. The average Bonchev–Trinajstić information content (AvgIpc) is 2.84. The molecule has 0 spiro atoms. The van der Waals surface area contributed by atoms with Crippen LogP contribution in [0.4, 0.5) is 21.7 Å². The number of nitrogens with one attached hydrogen (secondary N) is 1. The van der Waals surface area contributed by atoms with Gasteiger partial charge in [0.25, 0.3) is 10.0 Å². The van der Waals surface area contributed by atoms with Gasteiger partial charge in [0, 0.05) is 36.9 Å². The minimum Gasteiger partial charge on any atom is -0.368 e. The molecule has 1 aliphatic rings. The number of rotatable bonds is 5. The van der Waals surface area contributed by atoms with E-state index >= 15 is 0 Å². The summed E-state index contributed by atoms with van der Waals surface area (Å²) >= 11 is 5.91. The molecule has 1 fully saturated rings. The van der Waals surface area contributed by atoms with Crippen molar-refractivity contribution < 1.29 is 12.8 Å². The fraction of sp³-hybridized carbons (Fsp3) is 0.167. The second kappa shape index (κ2) is 9.08. The van der Waals surface area contributed by atoms with Crippen LogP contribution in [0.2, 0.25) is 5.02 Å². The number of sulfonamides is 1. The van der Waals surface area contributed by atoms with Crippen LogP contribution in [0.15, 0.2) is 77.7 Å². The van der Waals surface area contributed by atoms with Crippen LogP contribution >= 0.6 is 11.6 Å². The second-order valence-electron chi connectivity index (χ2n) is 7.89. The summed E-state index contributed by atoms with van der Waals surface area (Å²) in [5.74, 6) is 0.366. The van der Waals surface area contributed by atoms with Crippen molar-refractivity contribution in [1.29, 1.82) is 0 Å². The largest absolute Gasteiger partial charge is 0.368 e. The summed E-state index contributed by atoms with van der Waals surface area (Å²) in [6.07, 6.45) is 0. The zero-order valence-corrected chi connectivity index (χ0v) is 19.6. The smallest absolute Gasteiger partial charge is 0.263 e. The van der Waals surface area contributed by atoms with Crippen molar-refractivity contribution in [2.24, 2.45) is 0 Å². The van der Waals surface area contributed by atoms with Gasteiger partial charge in [-0.25, -0.2) is 22.8 Å². The standard InChI is InChI=1S/C24H21ClFN5O2S/c25-17-5-11-20(12-6-17)34(32,33)29-23-24(28-22-4-2-1-3-21(22)27-23)31-15-13-30(14-16-31)19-9-7-18(26)8-10-19/h1-12H,13-16H2,(H,27,29). The lowest BCUT2D eigenvalue weighted by atomic mass is 10.2. The molecule has 1 saturated heterocycles. The van der Waals surface area contributed by atoms with E-state index in [1.165, 1.54) is 36.4 Å². The summed E-state index contributed by atoms with van der Waals surface area (Å²) in [5.41, 5.74) is 2.20. The number of para-hydroxylation sites is 2. The third-order valence-corrected chi connectivity index (χ3v) is 7.28. The Morgan fingerprint density at radius 2 is 1.38 bits per heavy atom. The van der Waals surface area contributed by atoms with Gasteiger partial charge in [-0.1, -0.05) is 23.7 Å². The molecule has 0 aliphatic carbocycles. The Bertz CT molecular complexity index is 1420. The highest BCUT2D eigenvalue weighted by Crippen LogP contribution is 2.29. The number of halogens is 2. The highest BCUT2D eigenvalue weighted by molar-refractivity contribution is 7.92. The van der Waals surface area contributed by atoms with Crippen LogP contribution < -0.4 is 14.5 Å². The number of hydrogen-bond acceptors (Lipinski definition) is 6. The average molecular weight is 498 g/mol. The van der Waals surface area contributed by atoms with Crippen molar-refractivity contribution in [2.75, 3.05) is 40.7 Å². The Balaban J connectivity index is 1.45. The predicted octanol–water partition coefficient (Wildman–Crippen LogP) is 4.55. The van der Waals surface area contributed by atoms with Crippen LogP contribution in [-0.4, -0.2) is 44.6 Å². The van der Waals surface area contributed by atoms with E-state index in [-0.39, 0.29) is 16.5 Å². The lowest BCUT2D eigenvalue weighted by molar-refractivity contribution is 0.600. The van der Waals surface area contributed by atoms with E-state index in [4.69, 9.17) is 16.6 Å². The van der Waals surface area contributed by atoms with E-state index in [9.17, 15) is 12.8 Å². The topological polar surface area (TPSA) is 78.4 Å². The molecule has 5 rings (SSSR count). The molecule has 0 saturated carbocycles. The minimum atomic E-state index is -3.90. The fourth-order valence-electron chi connectivity index (χ4n) is 3.91. The molecule has 3 aromatic carbocycles. The van der Waals surface area contributed by atoms with Gasteiger partial charge < -0.3 is 9.80 Å². The number of hydrogen-bond donors (Lipinski definition) is 1. The van der Waals surface area contributed by atoms with Gasteiger partial charge in [0.2, 0.25) is 0 Å². The highest BCUT2D eigenvalue weighted by Gasteiger charge is 2.25. The maximum atomic E-state index is 13.3. The van der Waals surface area contributed by atoms with Crippen molar-refractivity contribution in [3.63, 3.8) is 0 Å². The molecule has 0 radical (unpaired) electrons. The van der Waals surface area contributed by atoms with Crippen LogP contribution in [0.25, 0.3) is 11.0 Å². The molecular weight excluding hydrogens is 477 g/mol. The molecule has 0 amide bonds. The number of anilines is 3. The van der Waals surface area contributed by atoms with E-state index in [1.807, 2.05) is 23.1 Å². The fourth-order valence-corrected chi connectivity index (χ4v) is 5.04. The van der Waals surface area contributed by atoms with Crippen LogP contribution in [0, 0.1) is 5.82 Å². The summed E-state index contributed by atoms with van der Waals surface area (Å²) < 4.78 is 42.0. The van der Waals surface area contributed by atoms with Crippen molar-refractivity contribution >= 4 is 50.0 Å². The number of fused-ring (bicyclic) bond motifs is 1. The molecule has 1 aromatic heterocycles. The van der Waals surface area contributed by atoms with Crippen LogP contribution in [0.5, 0.6) is 0 Å². The normalized spacial score (nSPS) is 14.4. The number of nitrogens with zero attached hydrogens (tertiary/aromatic N) is 4. The molecule has 174 valence electrons. The summed E-state index contributed by atoms with van der Waals surface area (Å²) in [6.45, 7) is 2.53. The lowest BCUT2D eigenvalue weighted by Crippen LogP contribution is -2.47. The number of aromatic nitrogens is 2. The summed E-state index contributed by atoms with van der Waals surface area (Å²) in [6, 6.07) is 19.7. The van der Waals surface area contributed by atoms with Gasteiger partial charge in [-0.3, -0.25) is 4.72 Å². The van der Waals surface area contributed by atoms with E-state index in [0.29, 0.717) is 48.1 Å². The van der Waals surface area contributed by atoms with Gasteiger partial charge in [0.15, 0.2) is 11.6 Å². The zero-order valence-electron chi connectivity index (χ0n) is 18.0. The van der Waals surface area contributed by atoms with E-state index in [0.717, 1.165) is 5.69 Å². The van der Waals surface area contributed by atoms with Gasteiger partial charge in [-0.05, 0) is 60.7 Å². The summed E-state index contributed by atoms with van der Waals surface area (Å²) in [7, 11) is -3.90. The zero-order chi connectivity index (χ0) is 23.7. The van der Waals surface area contributed by atoms with Gasteiger partial charge in [0.05, 0.1) is 15.9 Å². The van der Waals surface area contributed by atoms with Crippen molar-refractivity contribution in [3.05, 3.63) is 83.6 Å². The maximum Gasteiger partial charge on any atom is 0.263 e.